The van der Waals surface area contributed by atoms with Crippen LogP contribution in [0.3, 0.4) is 0 Å². The van der Waals surface area contributed by atoms with Crippen LogP contribution in [0.1, 0.15) is 24.2 Å². The standard InChI is InChI=1S/C14H19N5O3S/c1-9-13(10(2)19(16-9)8-11-4-5-11)23(21,22)17-12-6-7-18(3)14(20)15-12/h6-7,11H,4-5,8H2,1-3H3,(H,15,17,20). The zero-order valence-corrected chi connectivity index (χ0v) is 14.1. The molecular formula is C14H19N5O3S. The van der Waals surface area contributed by atoms with Crippen LogP contribution < -0.4 is 10.4 Å². The molecule has 2 aromatic rings. The van der Waals surface area contributed by atoms with Crippen molar-refractivity contribution in [2.75, 3.05) is 4.72 Å². The van der Waals surface area contributed by atoms with Gasteiger partial charge in [-0.2, -0.15) is 10.1 Å². The lowest BCUT2D eigenvalue weighted by Crippen LogP contribution is -2.23. The Hall–Kier alpha value is -2.16. The van der Waals surface area contributed by atoms with Crippen molar-refractivity contribution in [2.45, 2.75) is 38.1 Å². The van der Waals surface area contributed by atoms with Crippen molar-refractivity contribution in [3.05, 3.63) is 34.1 Å². The second-order valence-corrected chi connectivity index (χ2v) is 7.56. The van der Waals surface area contributed by atoms with E-state index >= 15 is 0 Å². The highest BCUT2D eigenvalue weighted by Gasteiger charge is 2.28. The van der Waals surface area contributed by atoms with Crippen molar-refractivity contribution >= 4 is 15.8 Å². The first-order chi connectivity index (χ1) is 10.8. The fourth-order valence-corrected chi connectivity index (χ4v) is 3.92. The van der Waals surface area contributed by atoms with Crippen LogP contribution in [0.15, 0.2) is 22.0 Å². The summed E-state index contributed by atoms with van der Waals surface area (Å²) in [6.07, 6.45) is 3.79. The van der Waals surface area contributed by atoms with Gasteiger partial charge in [-0.05, 0) is 38.7 Å². The summed E-state index contributed by atoms with van der Waals surface area (Å²) in [6.45, 7) is 4.16. The lowest BCUT2D eigenvalue weighted by atomic mass is 10.4. The molecule has 0 amide bonds. The molecule has 23 heavy (non-hydrogen) atoms. The average molecular weight is 337 g/mol. The van der Waals surface area contributed by atoms with E-state index < -0.39 is 15.7 Å². The van der Waals surface area contributed by atoms with Gasteiger partial charge in [0.1, 0.15) is 10.7 Å². The molecule has 0 aliphatic heterocycles. The molecule has 1 aliphatic carbocycles. The molecule has 1 N–H and O–H groups in total. The second kappa shape index (κ2) is 5.48. The summed E-state index contributed by atoms with van der Waals surface area (Å²) < 4.78 is 30.7. The third kappa shape index (κ3) is 3.14. The number of anilines is 1. The van der Waals surface area contributed by atoms with E-state index in [0.29, 0.717) is 17.3 Å². The molecule has 0 atom stereocenters. The van der Waals surface area contributed by atoms with E-state index in [9.17, 15) is 13.2 Å². The molecule has 0 saturated heterocycles. The van der Waals surface area contributed by atoms with Gasteiger partial charge in [-0.15, -0.1) is 0 Å². The Kier molecular flexibility index (Phi) is 3.75. The van der Waals surface area contributed by atoms with E-state index in [1.807, 2.05) is 0 Å². The summed E-state index contributed by atoms with van der Waals surface area (Å²) in [5, 5.41) is 4.34. The van der Waals surface area contributed by atoms with Crippen LogP contribution >= 0.6 is 0 Å². The zero-order valence-electron chi connectivity index (χ0n) is 13.3. The molecule has 2 aromatic heterocycles. The van der Waals surface area contributed by atoms with E-state index in [1.54, 1.807) is 25.6 Å². The lowest BCUT2D eigenvalue weighted by Gasteiger charge is -2.08. The van der Waals surface area contributed by atoms with Crippen molar-refractivity contribution < 1.29 is 8.42 Å². The number of sulfonamides is 1. The minimum absolute atomic E-state index is 0.00171. The van der Waals surface area contributed by atoms with Crippen LogP contribution in [0.25, 0.3) is 0 Å². The number of aryl methyl sites for hydroxylation is 2. The Balaban J connectivity index is 1.94. The third-order valence-corrected chi connectivity index (χ3v) is 5.53. The van der Waals surface area contributed by atoms with Crippen molar-refractivity contribution in [1.82, 2.24) is 19.3 Å². The molecular weight excluding hydrogens is 318 g/mol. The van der Waals surface area contributed by atoms with Gasteiger partial charge in [0.15, 0.2) is 0 Å². The number of nitrogens with zero attached hydrogens (tertiary/aromatic N) is 4. The van der Waals surface area contributed by atoms with Crippen molar-refractivity contribution in [1.29, 1.82) is 0 Å². The molecule has 0 radical (unpaired) electrons. The highest BCUT2D eigenvalue weighted by Crippen LogP contribution is 2.32. The SMILES string of the molecule is Cc1nn(CC2CC2)c(C)c1S(=O)(=O)Nc1ccn(C)c(=O)n1. The summed E-state index contributed by atoms with van der Waals surface area (Å²) in [5.41, 5.74) is 0.522. The van der Waals surface area contributed by atoms with E-state index in [2.05, 4.69) is 14.8 Å². The number of aromatic nitrogens is 4. The highest BCUT2D eigenvalue weighted by atomic mass is 32.2. The first-order valence-electron chi connectivity index (χ1n) is 7.38. The van der Waals surface area contributed by atoms with E-state index in [4.69, 9.17) is 0 Å². The predicted molar refractivity (Wildman–Crippen MR) is 84.7 cm³/mol. The molecule has 0 bridgehead atoms. The first-order valence-corrected chi connectivity index (χ1v) is 8.87. The maximum absolute atomic E-state index is 12.6. The fourth-order valence-electron chi connectivity index (χ4n) is 2.50. The topological polar surface area (TPSA) is 98.9 Å². The first kappa shape index (κ1) is 15.7. The maximum atomic E-state index is 12.6. The third-order valence-electron chi connectivity index (χ3n) is 3.92. The van der Waals surface area contributed by atoms with Crippen LogP contribution in [0.4, 0.5) is 5.82 Å². The van der Waals surface area contributed by atoms with Crippen molar-refractivity contribution in [2.24, 2.45) is 13.0 Å². The number of hydrogen-bond donors (Lipinski definition) is 1. The van der Waals surface area contributed by atoms with Gasteiger partial charge in [0.2, 0.25) is 0 Å². The molecule has 1 fully saturated rings. The van der Waals surface area contributed by atoms with Crippen LogP contribution in [0.2, 0.25) is 0 Å². The summed E-state index contributed by atoms with van der Waals surface area (Å²) in [5.74, 6) is 0.595. The van der Waals surface area contributed by atoms with Gasteiger partial charge in [0.25, 0.3) is 10.0 Å². The quantitative estimate of drug-likeness (QED) is 0.870. The Labute approximate surface area is 134 Å². The number of hydrogen-bond acceptors (Lipinski definition) is 5. The molecule has 0 aromatic carbocycles. The van der Waals surface area contributed by atoms with Gasteiger partial charge in [-0.25, -0.2) is 13.2 Å². The molecule has 0 unspecified atom stereocenters. The number of rotatable bonds is 5. The van der Waals surface area contributed by atoms with Gasteiger partial charge in [-0.3, -0.25) is 9.40 Å². The largest absolute Gasteiger partial charge is 0.349 e. The van der Waals surface area contributed by atoms with Crippen LogP contribution in [-0.4, -0.2) is 27.7 Å². The van der Waals surface area contributed by atoms with Crippen molar-refractivity contribution in [3.63, 3.8) is 0 Å². The zero-order chi connectivity index (χ0) is 16.8. The molecule has 124 valence electrons. The van der Waals surface area contributed by atoms with E-state index in [1.165, 1.54) is 16.8 Å². The number of nitrogens with one attached hydrogen (secondary N) is 1. The average Bonchev–Trinajstić information content (AvgIpc) is 3.20. The predicted octanol–water partition coefficient (Wildman–Crippen LogP) is 0.804. The van der Waals surface area contributed by atoms with Crippen LogP contribution in [-0.2, 0) is 23.6 Å². The summed E-state index contributed by atoms with van der Waals surface area (Å²) >= 11 is 0. The minimum Gasteiger partial charge on any atom is -0.302 e. The lowest BCUT2D eigenvalue weighted by molar-refractivity contribution is 0.545. The van der Waals surface area contributed by atoms with Crippen molar-refractivity contribution in [3.8, 4) is 0 Å². The molecule has 3 rings (SSSR count). The van der Waals surface area contributed by atoms with Gasteiger partial charge in [0.05, 0.1) is 11.4 Å². The Bertz CT molecular complexity index is 909. The highest BCUT2D eigenvalue weighted by molar-refractivity contribution is 7.92. The normalized spacial score (nSPS) is 14.9. The molecule has 9 heteroatoms. The maximum Gasteiger partial charge on any atom is 0.349 e. The molecule has 2 heterocycles. The summed E-state index contributed by atoms with van der Waals surface area (Å²) in [6, 6.07) is 1.44. The monoisotopic (exact) mass is 337 g/mol. The van der Waals surface area contributed by atoms with Gasteiger partial charge < -0.3 is 4.57 Å². The summed E-state index contributed by atoms with van der Waals surface area (Å²) in [7, 11) is -2.30. The van der Waals surface area contributed by atoms with E-state index in [-0.39, 0.29) is 10.7 Å². The Morgan fingerprint density at radius 3 is 2.65 bits per heavy atom. The van der Waals surface area contributed by atoms with Gasteiger partial charge in [-0.1, -0.05) is 0 Å². The minimum atomic E-state index is -3.84. The van der Waals surface area contributed by atoms with Crippen LogP contribution in [0, 0.1) is 19.8 Å². The second-order valence-electron chi connectivity index (χ2n) is 5.94. The van der Waals surface area contributed by atoms with Gasteiger partial charge in [0, 0.05) is 19.8 Å². The summed E-state index contributed by atoms with van der Waals surface area (Å²) in [4.78, 5) is 15.4. The van der Waals surface area contributed by atoms with Gasteiger partial charge >= 0.3 is 5.69 Å². The fraction of sp³-hybridized carbons (Fsp3) is 0.500. The van der Waals surface area contributed by atoms with E-state index in [0.717, 1.165) is 19.4 Å². The Morgan fingerprint density at radius 1 is 1.35 bits per heavy atom. The molecule has 0 spiro atoms. The molecule has 1 aliphatic rings. The molecule has 8 nitrogen and oxygen atoms in total. The smallest absolute Gasteiger partial charge is 0.302 e. The molecule has 1 saturated carbocycles. The Morgan fingerprint density at radius 2 is 2.04 bits per heavy atom. The van der Waals surface area contributed by atoms with Crippen LogP contribution in [0.5, 0.6) is 0 Å².